The third-order valence-corrected chi connectivity index (χ3v) is 2.94. The Morgan fingerprint density at radius 3 is 2.50 bits per heavy atom. The minimum absolute atomic E-state index is 0.210. The van der Waals surface area contributed by atoms with Crippen LogP contribution in [-0.4, -0.2) is 17.1 Å². The van der Waals surface area contributed by atoms with Crippen LogP contribution in [0.25, 0.3) is 0 Å². The van der Waals surface area contributed by atoms with E-state index < -0.39 is 0 Å². The standard InChI is InChI=1S/C15H20N4O/c1-10(2)13-18-14(12(16)15(19-13)20-3)17-9-11-7-5-4-6-8-11/h4-8,10H,9,16H2,1-3H3,(H,17,18,19). The number of nitrogen functional groups attached to an aromatic ring is 1. The average molecular weight is 272 g/mol. The van der Waals surface area contributed by atoms with Crippen molar-refractivity contribution >= 4 is 11.5 Å². The molecule has 0 unspecified atom stereocenters. The van der Waals surface area contributed by atoms with E-state index in [4.69, 9.17) is 10.5 Å². The normalized spacial score (nSPS) is 10.6. The van der Waals surface area contributed by atoms with E-state index in [1.807, 2.05) is 44.2 Å². The van der Waals surface area contributed by atoms with E-state index >= 15 is 0 Å². The Morgan fingerprint density at radius 2 is 1.90 bits per heavy atom. The Morgan fingerprint density at radius 1 is 1.20 bits per heavy atom. The number of nitrogens with one attached hydrogen (secondary N) is 1. The van der Waals surface area contributed by atoms with Gasteiger partial charge in [-0.1, -0.05) is 44.2 Å². The van der Waals surface area contributed by atoms with Crippen LogP contribution in [0.4, 0.5) is 11.5 Å². The second-order valence-corrected chi connectivity index (χ2v) is 4.85. The summed E-state index contributed by atoms with van der Waals surface area (Å²) in [6.45, 7) is 4.72. The van der Waals surface area contributed by atoms with E-state index in [1.165, 1.54) is 0 Å². The Labute approximate surface area is 119 Å². The molecule has 1 aromatic carbocycles. The topological polar surface area (TPSA) is 73.1 Å². The molecule has 0 radical (unpaired) electrons. The van der Waals surface area contributed by atoms with Crippen molar-refractivity contribution < 1.29 is 4.74 Å². The van der Waals surface area contributed by atoms with Crippen molar-refractivity contribution in [3.05, 3.63) is 41.7 Å². The SMILES string of the molecule is COc1nc(C(C)C)nc(NCc2ccccc2)c1N. The zero-order valence-electron chi connectivity index (χ0n) is 12.1. The van der Waals surface area contributed by atoms with Gasteiger partial charge in [0, 0.05) is 12.5 Å². The lowest BCUT2D eigenvalue weighted by molar-refractivity contribution is 0.396. The highest BCUT2D eigenvalue weighted by Crippen LogP contribution is 2.28. The number of aromatic nitrogens is 2. The third kappa shape index (κ3) is 3.17. The van der Waals surface area contributed by atoms with Crippen LogP contribution < -0.4 is 15.8 Å². The maximum Gasteiger partial charge on any atom is 0.242 e. The quantitative estimate of drug-likeness (QED) is 0.875. The molecule has 0 fully saturated rings. The summed E-state index contributed by atoms with van der Waals surface area (Å²) < 4.78 is 5.21. The first-order chi connectivity index (χ1) is 9.61. The zero-order valence-corrected chi connectivity index (χ0v) is 12.1. The Bertz CT molecular complexity index is 570. The van der Waals surface area contributed by atoms with Gasteiger partial charge in [0.2, 0.25) is 5.88 Å². The molecule has 2 rings (SSSR count). The van der Waals surface area contributed by atoms with Gasteiger partial charge in [0.05, 0.1) is 7.11 Å². The first-order valence-electron chi connectivity index (χ1n) is 6.61. The van der Waals surface area contributed by atoms with Gasteiger partial charge in [-0.15, -0.1) is 0 Å². The van der Waals surface area contributed by atoms with Crippen LogP contribution in [-0.2, 0) is 6.54 Å². The molecule has 1 aromatic heterocycles. The van der Waals surface area contributed by atoms with Crippen LogP contribution in [0.2, 0.25) is 0 Å². The molecule has 106 valence electrons. The maximum absolute atomic E-state index is 6.01. The van der Waals surface area contributed by atoms with E-state index in [0.717, 1.165) is 5.56 Å². The zero-order chi connectivity index (χ0) is 14.5. The molecular weight excluding hydrogens is 252 g/mol. The molecule has 0 amide bonds. The number of hydrogen-bond donors (Lipinski definition) is 2. The summed E-state index contributed by atoms with van der Waals surface area (Å²) in [5.41, 5.74) is 7.61. The van der Waals surface area contributed by atoms with Crippen molar-refractivity contribution in [2.24, 2.45) is 0 Å². The van der Waals surface area contributed by atoms with Gasteiger partial charge in [0.15, 0.2) is 5.82 Å². The first kappa shape index (κ1) is 14.1. The minimum atomic E-state index is 0.210. The van der Waals surface area contributed by atoms with Crippen molar-refractivity contribution in [2.45, 2.75) is 26.3 Å². The number of ether oxygens (including phenoxy) is 1. The van der Waals surface area contributed by atoms with E-state index in [0.29, 0.717) is 29.8 Å². The molecule has 0 saturated heterocycles. The van der Waals surface area contributed by atoms with E-state index in [9.17, 15) is 0 Å². The number of rotatable bonds is 5. The van der Waals surface area contributed by atoms with E-state index in [-0.39, 0.29) is 5.92 Å². The van der Waals surface area contributed by atoms with Gasteiger partial charge in [-0.25, -0.2) is 4.98 Å². The molecule has 0 atom stereocenters. The number of anilines is 2. The fourth-order valence-corrected chi connectivity index (χ4v) is 1.80. The molecule has 0 aliphatic heterocycles. The van der Waals surface area contributed by atoms with Crippen molar-refractivity contribution in [2.75, 3.05) is 18.2 Å². The van der Waals surface area contributed by atoms with Crippen LogP contribution in [0.15, 0.2) is 30.3 Å². The van der Waals surface area contributed by atoms with E-state index in [1.54, 1.807) is 7.11 Å². The summed E-state index contributed by atoms with van der Waals surface area (Å²) in [6.07, 6.45) is 0. The molecule has 1 heterocycles. The molecule has 2 aromatic rings. The van der Waals surface area contributed by atoms with Crippen LogP contribution in [0.3, 0.4) is 0 Å². The number of nitrogens with two attached hydrogens (primary N) is 1. The van der Waals surface area contributed by atoms with Crippen molar-refractivity contribution in [1.82, 2.24) is 9.97 Å². The lowest BCUT2D eigenvalue weighted by Gasteiger charge is -2.14. The second-order valence-electron chi connectivity index (χ2n) is 4.85. The smallest absolute Gasteiger partial charge is 0.242 e. The highest BCUT2D eigenvalue weighted by Gasteiger charge is 2.14. The van der Waals surface area contributed by atoms with Gasteiger partial charge in [0.25, 0.3) is 0 Å². The van der Waals surface area contributed by atoms with Crippen LogP contribution in [0, 0.1) is 0 Å². The summed E-state index contributed by atoms with van der Waals surface area (Å²) >= 11 is 0. The molecule has 3 N–H and O–H groups in total. The summed E-state index contributed by atoms with van der Waals surface area (Å²) in [5.74, 6) is 1.96. The number of methoxy groups -OCH3 is 1. The van der Waals surface area contributed by atoms with Gasteiger partial charge in [-0.3, -0.25) is 0 Å². The molecule has 0 spiro atoms. The van der Waals surface area contributed by atoms with Crippen molar-refractivity contribution in [3.63, 3.8) is 0 Å². The third-order valence-electron chi connectivity index (χ3n) is 2.94. The summed E-state index contributed by atoms with van der Waals surface area (Å²) in [4.78, 5) is 8.78. The summed E-state index contributed by atoms with van der Waals surface area (Å²) in [6, 6.07) is 10.1. The van der Waals surface area contributed by atoms with Crippen LogP contribution in [0.1, 0.15) is 31.2 Å². The molecule has 0 aliphatic carbocycles. The molecule has 20 heavy (non-hydrogen) atoms. The number of nitrogens with zero attached hydrogens (tertiary/aromatic N) is 2. The van der Waals surface area contributed by atoms with Gasteiger partial charge in [0.1, 0.15) is 11.5 Å². The van der Waals surface area contributed by atoms with E-state index in [2.05, 4.69) is 15.3 Å². The fraction of sp³-hybridized carbons (Fsp3) is 0.333. The average Bonchev–Trinajstić information content (AvgIpc) is 2.47. The molecule has 0 saturated carbocycles. The lowest BCUT2D eigenvalue weighted by Crippen LogP contribution is -2.10. The summed E-state index contributed by atoms with van der Waals surface area (Å²) in [5, 5.41) is 3.24. The van der Waals surface area contributed by atoms with Crippen molar-refractivity contribution in [3.8, 4) is 5.88 Å². The summed E-state index contributed by atoms with van der Waals surface area (Å²) in [7, 11) is 1.56. The Hall–Kier alpha value is -2.30. The molecule has 0 aliphatic rings. The van der Waals surface area contributed by atoms with Crippen LogP contribution in [0.5, 0.6) is 5.88 Å². The highest BCUT2D eigenvalue weighted by molar-refractivity contribution is 5.67. The van der Waals surface area contributed by atoms with Gasteiger partial charge in [-0.05, 0) is 5.56 Å². The molecule has 5 heteroatoms. The Balaban J connectivity index is 2.24. The van der Waals surface area contributed by atoms with Gasteiger partial charge in [-0.2, -0.15) is 4.98 Å². The van der Waals surface area contributed by atoms with Crippen LogP contribution >= 0.6 is 0 Å². The van der Waals surface area contributed by atoms with Gasteiger partial charge >= 0.3 is 0 Å². The largest absolute Gasteiger partial charge is 0.479 e. The minimum Gasteiger partial charge on any atom is -0.479 e. The predicted octanol–water partition coefficient (Wildman–Crippen LogP) is 2.80. The maximum atomic E-state index is 6.01. The monoisotopic (exact) mass is 272 g/mol. The lowest BCUT2D eigenvalue weighted by atomic mass is 10.2. The second kappa shape index (κ2) is 6.23. The number of benzene rings is 1. The number of hydrogen-bond acceptors (Lipinski definition) is 5. The molecule has 5 nitrogen and oxygen atoms in total. The van der Waals surface area contributed by atoms with Gasteiger partial charge < -0.3 is 15.8 Å². The highest BCUT2D eigenvalue weighted by atomic mass is 16.5. The Kier molecular flexibility index (Phi) is 4.40. The fourth-order valence-electron chi connectivity index (χ4n) is 1.80. The first-order valence-corrected chi connectivity index (χ1v) is 6.61. The van der Waals surface area contributed by atoms with Crippen molar-refractivity contribution in [1.29, 1.82) is 0 Å². The molecule has 0 bridgehead atoms. The molecular formula is C15H20N4O. The predicted molar refractivity (Wildman–Crippen MR) is 80.9 cm³/mol.